The maximum absolute atomic E-state index is 4.81. The summed E-state index contributed by atoms with van der Waals surface area (Å²) >= 11 is 1.89. The topological polar surface area (TPSA) is 24.9 Å². The summed E-state index contributed by atoms with van der Waals surface area (Å²) in [5.74, 6) is 0. The van der Waals surface area contributed by atoms with Crippen LogP contribution in [-0.4, -0.2) is 18.6 Å². The third kappa shape index (κ3) is 2.01. The average molecular weight is 244 g/mol. The molecule has 1 heterocycles. The van der Waals surface area contributed by atoms with Crippen molar-refractivity contribution in [3.05, 3.63) is 39.7 Å². The van der Waals surface area contributed by atoms with Crippen LogP contribution in [-0.2, 0) is 19.3 Å². The largest absolute Gasteiger partial charge is 0.319 e. The number of fused-ring (bicyclic) bond motifs is 3. The van der Waals surface area contributed by atoms with Gasteiger partial charge >= 0.3 is 0 Å². The number of hydrogen-bond acceptors (Lipinski definition) is 3. The smallest absolute Gasteiger partial charge is 0.0948 e. The van der Waals surface area contributed by atoms with Crippen molar-refractivity contribution < 1.29 is 0 Å². The Morgan fingerprint density at radius 3 is 3.06 bits per heavy atom. The Morgan fingerprint density at radius 1 is 1.29 bits per heavy atom. The van der Waals surface area contributed by atoms with E-state index in [1.165, 1.54) is 26.7 Å². The van der Waals surface area contributed by atoms with Crippen LogP contribution in [0.2, 0.25) is 0 Å². The number of benzene rings is 1. The lowest BCUT2D eigenvalue weighted by atomic mass is 9.94. The van der Waals surface area contributed by atoms with Gasteiger partial charge in [0.2, 0.25) is 0 Å². The molecule has 0 atom stereocenters. The molecular formula is C14H16N2S. The highest BCUT2D eigenvalue weighted by atomic mass is 32.1. The summed E-state index contributed by atoms with van der Waals surface area (Å²) in [7, 11) is 1.99. The first-order valence-corrected chi connectivity index (χ1v) is 6.91. The molecule has 0 aliphatic heterocycles. The van der Waals surface area contributed by atoms with Gasteiger partial charge in [0.05, 0.1) is 10.7 Å². The van der Waals surface area contributed by atoms with E-state index in [0.717, 1.165) is 25.8 Å². The second-order valence-corrected chi connectivity index (χ2v) is 5.56. The summed E-state index contributed by atoms with van der Waals surface area (Å²) in [5.41, 5.74) is 4.04. The van der Waals surface area contributed by atoms with E-state index in [4.69, 9.17) is 4.98 Å². The molecule has 3 heteroatoms. The van der Waals surface area contributed by atoms with E-state index in [-0.39, 0.29) is 0 Å². The zero-order valence-corrected chi connectivity index (χ0v) is 10.8. The summed E-state index contributed by atoms with van der Waals surface area (Å²) in [4.78, 5) is 6.28. The number of hydrogen-bond donors (Lipinski definition) is 1. The second-order valence-electron chi connectivity index (χ2n) is 4.39. The molecular weight excluding hydrogens is 228 g/mol. The first-order chi connectivity index (χ1) is 8.38. The highest BCUT2D eigenvalue weighted by Gasteiger charge is 2.19. The Bertz CT molecular complexity index is 531. The van der Waals surface area contributed by atoms with Crippen molar-refractivity contribution in [1.29, 1.82) is 0 Å². The number of likely N-dealkylation sites (N-methyl/N-ethyl adjacent to an activating group) is 1. The van der Waals surface area contributed by atoms with E-state index in [9.17, 15) is 0 Å². The summed E-state index contributed by atoms with van der Waals surface area (Å²) in [5, 5.41) is 4.45. The molecule has 2 aromatic rings. The van der Waals surface area contributed by atoms with Crippen LogP contribution in [0, 0.1) is 0 Å². The fraction of sp³-hybridized carbons (Fsp3) is 0.357. The number of nitrogens with zero attached hydrogens (tertiary/aromatic N) is 1. The third-order valence-corrected chi connectivity index (χ3v) is 4.40. The quantitative estimate of drug-likeness (QED) is 0.898. The Hall–Kier alpha value is -1.19. The molecule has 0 spiro atoms. The maximum Gasteiger partial charge on any atom is 0.0948 e. The molecule has 1 N–H and O–H groups in total. The van der Waals surface area contributed by atoms with Crippen molar-refractivity contribution in [3.8, 4) is 11.3 Å². The zero-order valence-electron chi connectivity index (χ0n) is 9.99. The monoisotopic (exact) mass is 244 g/mol. The lowest BCUT2D eigenvalue weighted by molar-refractivity contribution is 0.787. The van der Waals surface area contributed by atoms with Crippen LogP contribution in [0.3, 0.4) is 0 Å². The highest BCUT2D eigenvalue weighted by molar-refractivity contribution is 7.12. The Morgan fingerprint density at radius 2 is 2.18 bits per heavy atom. The Labute approximate surface area is 106 Å². The fourth-order valence-corrected chi connectivity index (χ4v) is 3.42. The molecule has 17 heavy (non-hydrogen) atoms. The minimum Gasteiger partial charge on any atom is -0.319 e. The predicted octanol–water partition coefficient (Wildman–Crippen LogP) is 2.67. The normalized spacial score (nSPS) is 13.2. The van der Waals surface area contributed by atoms with E-state index in [2.05, 4.69) is 29.6 Å². The van der Waals surface area contributed by atoms with Crippen molar-refractivity contribution in [2.45, 2.75) is 19.3 Å². The fourth-order valence-electron chi connectivity index (χ4n) is 2.34. The van der Waals surface area contributed by atoms with Crippen molar-refractivity contribution in [1.82, 2.24) is 10.3 Å². The molecule has 0 amide bonds. The first kappa shape index (κ1) is 10.9. The summed E-state index contributed by atoms with van der Waals surface area (Å²) in [6, 6.07) is 8.67. The predicted molar refractivity (Wildman–Crippen MR) is 72.6 cm³/mol. The molecule has 0 saturated carbocycles. The van der Waals surface area contributed by atoms with E-state index >= 15 is 0 Å². The van der Waals surface area contributed by atoms with Gasteiger partial charge in [-0.3, -0.25) is 0 Å². The van der Waals surface area contributed by atoms with Crippen LogP contribution < -0.4 is 5.32 Å². The molecule has 0 fully saturated rings. The van der Waals surface area contributed by atoms with Crippen LogP contribution in [0.4, 0.5) is 0 Å². The van der Waals surface area contributed by atoms with E-state index in [0.29, 0.717) is 0 Å². The van der Waals surface area contributed by atoms with Gasteiger partial charge in [0, 0.05) is 23.4 Å². The second kappa shape index (κ2) is 4.59. The van der Waals surface area contributed by atoms with Crippen molar-refractivity contribution in [3.63, 3.8) is 0 Å². The number of thiazole rings is 1. The molecule has 0 saturated heterocycles. The Kier molecular flexibility index (Phi) is 2.95. The van der Waals surface area contributed by atoms with Crippen molar-refractivity contribution in [2.24, 2.45) is 0 Å². The summed E-state index contributed by atoms with van der Waals surface area (Å²) < 4.78 is 0. The lowest BCUT2D eigenvalue weighted by Gasteiger charge is -2.13. The van der Waals surface area contributed by atoms with Crippen LogP contribution in [0.15, 0.2) is 24.3 Å². The minimum absolute atomic E-state index is 1.01. The van der Waals surface area contributed by atoms with Crippen LogP contribution in [0.1, 0.15) is 15.4 Å². The minimum atomic E-state index is 1.01. The molecule has 0 radical (unpaired) electrons. The van der Waals surface area contributed by atoms with Gasteiger partial charge in [0.25, 0.3) is 0 Å². The van der Waals surface area contributed by atoms with Gasteiger partial charge in [-0.1, -0.05) is 24.3 Å². The van der Waals surface area contributed by atoms with Gasteiger partial charge in [0.1, 0.15) is 0 Å². The molecule has 1 aliphatic rings. The van der Waals surface area contributed by atoms with Gasteiger partial charge in [-0.25, -0.2) is 4.98 Å². The number of aromatic nitrogens is 1. The van der Waals surface area contributed by atoms with Crippen LogP contribution in [0.5, 0.6) is 0 Å². The van der Waals surface area contributed by atoms with Crippen molar-refractivity contribution in [2.75, 3.05) is 13.6 Å². The molecule has 1 aromatic carbocycles. The number of nitrogens with one attached hydrogen (secondary N) is 1. The van der Waals surface area contributed by atoms with Crippen LogP contribution >= 0.6 is 11.3 Å². The molecule has 88 valence electrons. The van der Waals surface area contributed by atoms with E-state index in [1.54, 1.807) is 0 Å². The van der Waals surface area contributed by atoms with Gasteiger partial charge in [-0.05, 0) is 25.5 Å². The summed E-state index contributed by atoms with van der Waals surface area (Å²) in [6.07, 6.45) is 3.36. The van der Waals surface area contributed by atoms with Gasteiger partial charge in [-0.15, -0.1) is 11.3 Å². The van der Waals surface area contributed by atoms with Gasteiger partial charge < -0.3 is 5.32 Å². The lowest BCUT2D eigenvalue weighted by Crippen LogP contribution is -2.09. The third-order valence-electron chi connectivity index (χ3n) is 3.22. The maximum atomic E-state index is 4.81. The number of rotatable bonds is 3. The summed E-state index contributed by atoms with van der Waals surface area (Å²) in [6.45, 7) is 1.01. The first-order valence-electron chi connectivity index (χ1n) is 6.10. The molecule has 2 nitrogen and oxygen atoms in total. The Balaban J connectivity index is 1.98. The molecule has 0 unspecified atom stereocenters. The molecule has 1 aliphatic carbocycles. The van der Waals surface area contributed by atoms with Crippen LogP contribution in [0.25, 0.3) is 11.3 Å². The zero-order chi connectivity index (χ0) is 11.7. The standard InChI is InChI=1S/C14H16N2S/c1-15-9-8-13-16-14-11-5-3-2-4-10(11)6-7-12(14)17-13/h2-5,15H,6-9H2,1H3. The van der Waals surface area contributed by atoms with Crippen molar-refractivity contribution >= 4 is 11.3 Å². The van der Waals surface area contributed by atoms with Gasteiger partial charge in [0.15, 0.2) is 0 Å². The van der Waals surface area contributed by atoms with Gasteiger partial charge in [-0.2, -0.15) is 0 Å². The number of aryl methyl sites for hydroxylation is 2. The van der Waals surface area contributed by atoms with E-state index < -0.39 is 0 Å². The molecule has 3 rings (SSSR count). The highest BCUT2D eigenvalue weighted by Crippen LogP contribution is 2.36. The molecule has 0 bridgehead atoms. The molecule has 1 aromatic heterocycles. The SMILES string of the molecule is CNCCc1nc2c(s1)CCc1ccccc1-2. The average Bonchev–Trinajstić information content (AvgIpc) is 2.79. The van der Waals surface area contributed by atoms with E-state index in [1.807, 2.05) is 18.4 Å².